The molecule has 0 amide bonds. The Morgan fingerprint density at radius 2 is 1.95 bits per heavy atom. The van der Waals surface area contributed by atoms with Gasteiger partial charge in [0.1, 0.15) is 12.4 Å². The van der Waals surface area contributed by atoms with Crippen LogP contribution < -0.4 is 10.5 Å². The molecule has 1 unspecified atom stereocenters. The second-order valence-corrected chi connectivity index (χ2v) is 6.80. The van der Waals surface area contributed by atoms with Crippen molar-refractivity contribution in [3.8, 4) is 5.75 Å². The predicted molar refractivity (Wildman–Crippen MR) is 87.3 cm³/mol. The Balaban J connectivity index is 2.47. The normalized spacial score (nSPS) is 13.3. The standard InChI is InChI=1S/C16H26BrNO2/c1-5-13(18)10-12-6-7-15(14(17)11-12)19-8-9-20-16(2,3)4/h6-7,11,13H,5,8-10,18H2,1-4H3. The summed E-state index contributed by atoms with van der Waals surface area (Å²) in [5.74, 6) is 0.844. The molecule has 0 saturated carbocycles. The highest BCUT2D eigenvalue weighted by Crippen LogP contribution is 2.26. The van der Waals surface area contributed by atoms with Crippen LogP contribution in [0.1, 0.15) is 39.7 Å². The van der Waals surface area contributed by atoms with E-state index < -0.39 is 0 Å². The number of ether oxygens (including phenoxy) is 2. The van der Waals surface area contributed by atoms with Crippen molar-refractivity contribution >= 4 is 15.9 Å². The van der Waals surface area contributed by atoms with Crippen LogP contribution in [0, 0.1) is 0 Å². The Morgan fingerprint density at radius 3 is 2.50 bits per heavy atom. The molecule has 0 fully saturated rings. The summed E-state index contributed by atoms with van der Waals surface area (Å²) >= 11 is 3.54. The number of hydrogen-bond donors (Lipinski definition) is 1. The van der Waals surface area contributed by atoms with Gasteiger partial charge in [0, 0.05) is 6.04 Å². The van der Waals surface area contributed by atoms with E-state index in [9.17, 15) is 0 Å². The Hall–Kier alpha value is -0.580. The number of nitrogens with two attached hydrogens (primary N) is 1. The molecule has 0 spiro atoms. The van der Waals surface area contributed by atoms with Gasteiger partial charge in [0.15, 0.2) is 0 Å². The van der Waals surface area contributed by atoms with Gasteiger partial charge in [-0.1, -0.05) is 13.0 Å². The lowest BCUT2D eigenvalue weighted by molar-refractivity contribution is -0.0163. The molecule has 1 rings (SSSR count). The monoisotopic (exact) mass is 343 g/mol. The molecule has 1 aromatic carbocycles. The largest absolute Gasteiger partial charge is 0.490 e. The maximum Gasteiger partial charge on any atom is 0.133 e. The lowest BCUT2D eigenvalue weighted by Gasteiger charge is -2.19. The van der Waals surface area contributed by atoms with E-state index in [1.807, 2.05) is 26.8 Å². The van der Waals surface area contributed by atoms with Crippen LogP contribution in [0.3, 0.4) is 0 Å². The van der Waals surface area contributed by atoms with Crippen molar-refractivity contribution in [1.29, 1.82) is 0 Å². The first kappa shape index (κ1) is 17.5. The summed E-state index contributed by atoms with van der Waals surface area (Å²) in [6, 6.07) is 6.35. The molecule has 2 N–H and O–H groups in total. The van der Waals surface area contributed by atoms with Crippen LogP contribution in [0.5, 0.6) is 5.75 Å². The van der Waals surface area contributed by atoms with E-state index in [0.29, 0.717) is 13.2 Å². The van der Waals surface area contributed by atoms with Gasteiger partial charge in [-0.15, -0.1) is 0 Å². The van der Waals surface area contributed by atoms with Gasteiger partial charge in [-0.05, 0) is 67.2 Å². The van der Waals surface area contributed by atoms with E-state index in [2.05, 4.69) is 35.0 Å². The molecule has 0 heterocycles. The molecule has 114 valence electrons. The zero-order valence-corrected chi connectivity index (χ0v) is 14.5. The molecule has 0 radical (unpaired) electrons. The van der Waals surface area contributed by atoms with Gasteiger partial charge < -0.3 is 15.2 Å². The minimum Gasteiger partial charge on any atom is -0.490 e. The van der Waals surface area contributed by atoms with Crippen molar-refractivity contribution in [2.24, 2.45) is 5.73 Å². The third-order valence-corrected chi connectivity index (χ3v) is 3.51. The fraction of sp³-hybridized carbons (Fsp3) is 0.625. The first-order valence-electron chi connectivity index (χ1n) is 7.12. The van der Waals surface area contributed by atoms with Crippen molar-refractivity contribution in [1.82, 2.24) is 0 Å². The van der Waals surface area contributed by atoms with Crippen molar-refractivity contribution < 1.29 is 9.47 Å². The minimum atomic E-state index is -0.124. The molecule has 0 aliphatic carbocycles. The molecule has 0 bridgehead atoms. The van der Waals surface area contributed by atoms with E-state index in [1.165, 1.54) is 5.56 Å². The van der Waals surface area contributed by atoms with Gasteiger partial charge in [0.2, 0.25) is 0 Å². The summed E-state index contributed by atoms with van der Waals surface area (Å²) in [6.45, 7) is 9.34. The molecule has 4 heteroatoms. The average Bonchev–Trinajstić information content (AvgIpc) is 2.35. The molecule has 0 aromatic heterocycles. The molecular formula is C16H26BrNO2. The molecule has 3 nitrogen and oxygen atoms in total. The van der Waals surface area contributed by atoms with E-state index in [4.69, 9.17) is 15.2 Å². The zero-order valence-electron chi connectivity index (χ0n) is 12.9. The first-order chi connectivity index (χ1) is 9.31. The van der Waals surface area contributed by atoms with E-state index in [-0.39, 0.29) is 11.6 Å². The summed E-state index contributed by atoms with van der Waals surface area (Å²) < 4.78 is 12.3. The topological polar surface area (TPSA) is 44.5 Å². The molecule has 0 aliphatic rings. The maximum atomic E-state index is 5.97. The lowest BCUT2D eigenvalue weighted by Crippen LogP contribution is -2.22. The highest BCUT2D eigenvalue weighted by atomic mass is 79.9. The Morgan fingerprint density at radius 1 is 1.25 bits per heavy atom. The van der Waals surface area contributed by atoms with Crippen LogP contribution in [0.2, 0.25) is 0 Å². The van der Waals surface area contributed by atoms with Crippen molar-refractivity contribution in [3.63, 3.8) is 0 Å². The number of benzene rings is 1. The Kier molecular flexibility index (Phi) is 7.00. The summed E-state index contributed by atoms with van der Waals surface area (Å²) in [6.07, 6.45) is 1.88. The molecule has 20 heavy (non-hydrogen) atoms. The Bertz CT molecular complexity index is 415. The van der Waals surface area contributed by atoms with E-state index in [1.54, 1.807) is 0 Å². The fourth-order valence-corrected chi connectivity index (χ4v) is 2.28. The quantitative estimate of drug-likeness (QED) is 0.763. The van der Waals surface area contributed by atoms with Gasteiger partial charge in [0.25, 0.3) is 0 Å². The maximum absolute atomic E-state index is 5.97. The minimum absolute atomic E-state index is 0.124. The van der Waals surface area contributed by atoms with Crippen molar-refractivity contribution in [2.45, 2.75) is 52.2 Å². The molecule has 0 saturated heterocycles. The lowest BCUT2D eigenvalue weighted by atomic mass is 10.0. The highest BCUT2D eigenvalue weighted by molar-refractivity contribution is 9.10. The average molecular weight is 344 g/mol. The van der Waals surface area contributed by atoms with Crippen LogP contribution in [-0.4, -0.2) is 24.9 Å². The van der Waals surface area contributed by atoms with Gasteiger partial charge in [-0.3, -0.25) is 0 Å². The van der Waals surface area contributed by atoms with Crippen LogP contribution in [-0.2, 0) is 11.2 Å². The van der Waals surface area contributed by atoms with Gasteiger partial charge in [-0.25, -0.2) is 0 Å². The fourth-order valence-electron chi connectivity index (χ4n) is 1.73. The second kappa shape index (κ2) is 8.01. The van der Waals surface area contributed by atoms with Gasteiger partial charge in [0.05, 0.1) is 16.7 Å². The van der Waals surface area contributed by atoms with Crippen LogP contribution in [0.15, 0.2) is 22.7 Å². The van der Waals surface area contributed by atoms with E-state index in [0.717, 1.165) is 23.1 Å². The molecule has 1 aromatic rings. The summed E-state index contributed by atoms with van der Waals surface area (Å²) in [4.78, 5) is 0. The van der Waals surface area contributed by atoms with Crippen LogP contribution >= 0.6 is 15.9 Å². The van der Waals surface area contributed by atoms with Crippen LogP contribution in [0.4, 0.5) is 0 Å². The molecule has 0 aliphatic heterocycles. The Labute approximate surface area is 131 Å². The van der Waals surface area contributed by atoms with Gasteiger partial charge in [-0.2, -0.15) is 0 Å². The second-order valence-electron chi connectivity index (χ2n) is 5.95. The van der Waals surface area contributed by atoms with E-state index >= 15 is 0 Å². The third-order valence-electron chi connectivity index (χ3n) is 2.89. The van der Waals surface area contributed by atoms with Crippen molar-refractivity contribution in [2.75, 3.05) is 13.2 Å². The number of hydrogen-bond acceptors (Lipinski definition) is 3. The number of halogens is 1. The van der Waals surface area contributed by atoms with Gasteiger partial charge >= 0.3 is 0 Å². The summed E-state index contributed by atoms with van der Waals surface area (Å²) in [5, 5.41) is 0. The zero-order chi connectivity index (χ0) is 15.2. The smallest absolute Gasteiger partial charge is 0.133 e. The number of rotatable bonds is 7. The predicted octanol–water partition coefficient (Wildman–Crippen LogP) is 3.92. The summed E-state index contributed by atoms with van der Waals surface area (Å²) in [7, 11) is 0. The highest BCUT2D eigenvalue weighted by Gasteiger charge is 2.10. The molecule has 1 atom stereocenters. The third kappa shape index (κ3) is 6.73. The van der Waals surface area contributed by atoms with Crippen molar-refractivity contribution in [3.05, 3.63) is 28.2 Å². The first-order valence-corrected chi connectivity index (χ1v) is 7.92. The summed E-state index contributed by atoms with van der Waals surface area (Å²) in [5.41, 5.74) is 7.07. The SMILES string of the molecule is CCC(N)Cc1ccc(OCCOC(C)(C)C)c(Br)c1. The molecular weight excluding hydrogens is 318 g/mol. The van der Waals surface area contributed by atoms with Crippen LogP contribution in [0.25, 0.3) is 0 Å².